The third-order valence-electron chi connectivity index (χ3n) is 4.97. The van der Waals surface area contributed by atoms with Crippen LogP contribution in [0.15, 0.2) is 36.9 Å². The van der Waals surface area contributed by atoms with Crippen molar-refractivity contribution in [1.29, 1.82) is 0 Å². The van der Waals surface area contributed by atoms with Crippen LogP contribution in [0.4, 0.5) is 0 Å². The second-order valence-electron chi connectivity index (χ2n) is 7.89. The summed E-state index contributed by atoms with van der Waals surface area (Å²) in [4.78, 5) is 4.86. The highest BCUT2D eigenvalue weighted by atomic mass is 35.5. The van der Waals surface area contributed by atoms with Crippen LogP contribution >= 0.6 is 12.4 Å². The number of hydrogen-bond acceptors (Lipinski definition) is 6. The highest BCUT2D eigenvalue weighted by Gasteiger charge is 2.34. The smallest absolute Gasteiger partial charge is 0.173 e. The lowest BCUT2D eigenvalue weighted by molar-refractivity contribution is 0.109. The van der Waals surface area contributed by atoms with Gasteiger partial charge in [-0.25, -0.2) is 4.68 Å². The fourth-order valence-electron chi connectivity index (χ4n) is 3.62. The SMILES string of the molecule is C=CCN1CCN(C(c2ccccc2OC)c2nnnn2C(C)(C)C)CC1.Cl. The van der Waals surface area contributed by atoms with E-state index in [1.54, 1.807) is 7.11 Å². The van der Waals surface area contributed by atoms with Crippen LogP contribution in [-0.2, 0) is 5.54 Å². The maximum absolute atomic E-state index is 5.67. The zero-order valence-electron chi connectivity index (χ0n) is 17.2. The topological polar surface area (TPSA) is 59.3 Å². The van der Waals surface area contributed by atoms with Gasteiger partial charge in [0.2, 0.25) is 0 Å². The zero-order chi connectivity index (χ0) is 19.4. The Morgan fingerprint density at radius 1 is 1.18 bits per heavy atom. The van der Waals surface area contributed by atoms with E-state index in [9.17, 15) is 0 Å². The minimum atomic E-state index is -0.205. The van der Waals surface area contributed by atoms with Crippen LogP contribution in [0.3, 0.4) is 0 Å². The van der Waals surface area contributed by atoms with Crippen LogP contribution in [0.2, 0.25) is 0 Å². The average molecular weight is 407 g/mol. The minimum absolute atomic E-state index is 0. The molecule has 2 heterocycles. The van der Waals surface area contributed by atoms with Crippen LogP contribution in [0.1, 0.15) is 38.2 Å². The Morgan fingerprint density at radius 3 is 2.46 bits per heavy atom. The Kier molecular flexibility index (Phi) is 7.57. The zero-order valence-corrected chi connectivity index (χ0v) is 18.0. The molecule has 1 atom stereocenters. The van der Waals surface area contributed by atoms with Gasteiger partial charge in [-0.3, -0.25) is 9.80 Å². The molecular weight excluding hydrogens is 376 g/mol. The van der Waals surface area contributed by atoms with Gasteiger partial charge >= 0.3 is 0 Å². The van der Waals surface area contributed by atoms with Gasteiger partial charge in [-0.2, -0.15) is 0 Å². The molecule has 0 radical (unpaired) electrons. The number of rotatable bonds is 6. The molecule has 0 bridgehead atoms. The van der Waals surface area contributed by atoms with Crippen LogP contribution < -0.4 is 4.74 Å². The summed E-state index contributed by atoms with van der Waals surface area (Å²) in [5, 5.41) is 12.7. The summed E-state index contributed by atoms with van der Waals surface area (Å²) in [6.45, 7) is 15.0. The maximum Gasteiger partial charge on any atom is 0.173 e. The standard InChI is InChI=1S/C20H30N6O.ClH/c1-6-11-24-12-14-25(15-13-24)18(16-9-7-8-10-17(16)27-5)19-21-22-23-26(19)20(2,3)4;/h6-10,18H,1,11-15H2,2-5H3;1H. The van der Waals surface area contributed by atoms with Crippen molar-refractivity contribution < 1.29 is 4.74 Å². The van der Waals surface area contributed by atoms with E-state index in [4.69, 9.17) is 4.74 Å². The molecular formula is C20H31ClN6O. The molecule has 1 aliphatic rings. The summed E-state index contributed by atoms with van der Waals surface area (Å²) in [6, 6.07) is 8.10. The van der Waals surface area contributed by atoms with Crippen molar-refractivity contribution in [2.75, 3.05) is 39.8 Å². The highest BCUT2D eigenvalue weighted by molar-refractivity contribution is 5.85. The lowest BCUT2D eigenvalue weighted by atomic mass is 10.0. The number of nitrogens with zero attached hydrogens (tertiary/aromatic N) is 6. The minimum Gasteiger partial charge on any atom is -0.496 e. The van der Waals surface area contributed by atoms with Crippen LogP contribution in [0.5, 0.6) is 5.75 Å². The number of para-hydroxylation sites is 1. The van der Waals surface area contributed by atoms with Gasteiger partial charge < -0.3 is 4.74 Å². The number of aromatic nitrogens is 4. The van der Waals surface area contributed by atoms with E-state index in [2.05, 4.69) is 58.7 Å². The normalized spacial score (nSPS) is 17.0. The lowest BCUT2D eigenvalue weighted by Gasteiger charge is -2.39. The molecule has 3 rings (SSSR count). The van der Waals surface area contributed by atoms with Gasteiger partial charge in [0.05, 0.1) is 12.6 Å². The Balaban J connectivity index is 0.00000280. The number of ether oxygens (including phenoxy) is 1. The Labute approximate surface area is 173 Å². The van der Waals surface area contributed by atoms with Crippen LogP contribution in [0.25, 0.3) is 0 Å². The molecule has 8 heteroatoms. The second-order valence-corrected chi connectivity index (χ2v) is 7.89. The fourth-order valence-corrected chi connectivity index (χ4v) is 3.62. The first-order valence-corrected chi connectivity index (χ1v) is 9.44. The molecule has 2 aromatic rings. The van der Waals surface area contributed by atoms with Crippen molar-refractivity contribution >= 4 is 12.4 Å². The summed E-state index contributed by atoms with van der Waals surface area (Å²) in [6.07, 6.45) is 1.97. The molecule has 1 aromatic heterocycles. The predicted octanol–water partition coefficient (Wildman–Crippen LogP) is 2.75. The summed E-state index contributed by atoms with van der Waals surface area (Å²) >= 11 is 0. The van der Waals surface area contributed by atoms with Crippen LogP contribution in [0, 0.1) is 0 Å². The van der Waals surface area contributed by atoms with E-state index < -0.39 is 0 Å². The molecule has 1 aliphatic heterocycles. The quantitative estimate of drug-likeness (QED) is 0.687. The van der Waals surface area contributed by atoms with E-state index in [-0.39, 0.29) is 24.0 Å². The summed E-state index contributed by atoms with van der Waals surface area (Å²) < 4.78 is 7.60. The largest absolute Gasteiger partial charge is 0.496 e. The summed E-state index contributed by atoms with van der Waals surface area (Å²) in [5.74, 6) is 1.71. The highest BCUT2D eigenvalue weighted by Crippen LogP contribution is 2.35. The van der Waals surface area contributed by atoms with E-state index in [1.807, 2.05) is 29.0 Å². The van der Waals surface area contributed by atoms with E-state index >= 15 is 0 Å². The van der Waals surface area contributed by atoms with Gasteiger partial charge in [0.1, 0.15) is 11.8 Å². The number of benzene rings is 1. The van der Waals surface area contributed by atoms with Crippen molar-refractivity contribution in [3.05, 3.63) is 48.3 Å². The van der Waals surface area contributed by atoms with Crippen molar-refractivity contribution in [2.45, 2.75) is 32.4 Å². The van der Waals surface area contributed by atoms with Gasteiger partial charge in [0.15, 0.2) is 5.82 Å². The number of methoxy groups -OCH3 is 1. The van der Waals surface area contributed by atoms with Gasteiger partial charge in [-0.1, -0.05) is 24.3 Å². The third-order valence-corrected chi connectivity index (χ3v) is 4.97. The first-order chi connectivity index (χ1) is 13.0. The second kappa shape index (κ2) is 9.49. The van der Waals surface area contributed by atoms with Gasteiger partial charge in [-0.15, -0.1) is 24.1 Å². The number of piperazine rings is 1. The monoisotopic (exact) mass is 406 g/mol. The van der Waals surface area contributed by atoms with Crippen molar-refractivity contribution in [3.8, 4) is 5.75 Å². The molecule has 0 amide bonds. The molecule has 1 fully saturated rings. The molecule has 154 valence electrons. The van der Waals surface area contributed by atoms with Crippen molar-refractivity contribution in [2.24, 2.45) is 0 Å². The number of halogens is 1. The number of tetrazole rings is 1. The fraction of sp³-hybridized carbons (Fsp3) is 0.550. The molecule has 7 nitrogen and oxygen atoms in total. The molecule has 1 aromatic carbocycles. The lowest BCUT2D eigenvalue weighted by Crippen LogP contribution is -2.48. The van der Waals surface area contributed by atoms with E-state index in [0.717, 1.165) is 49.9 Å². The van der Waals surface area contributed by atoms with E-state index in [1.165, 1.54) is 0 Å². The van der Waals surface area contributed by atoms with Crippen molar-refractivity contribution in [3.63, 3.8) is 0 Å². The summed E-state index contributed by atoms with van der Waals surface area (Å²) in [7, 11) is 1.71. The molecule has 1 saturated heterocycles. The number of hydrogen-bond donors (Lipinski definition) is 0. The van der Waals surface area contributed by atoms with Crippen LogP contribution in [-0.4, -0.2) is 69.8 Å². The molecule has 1 unspecified atom stereocenters. The Hall–Kier alpha value is -1.96. The molecule has 0 N–H and O–H groups in total. The Morgan fingerprint density at radius 2 is 1.86 bits per heavy atom. The van der Waals surface area contributed by atoms with Crippen molar-refractivity contribution in [1.82, 2.24) is 30.0 Å². The molecule has 0 saturated carbocycles. The van der Waals surface area contributed by atoms with E-state index in [0.29, 0.717) is 0 Å². The molecule has 28 heavy (non-hydrogen) atoms. The molecule has 0 aliphatic carbocycles. The van der Waals surface area contributed by atoms with Gasteiger partial charge in [-0.05, 0) is 37.3 Å². The summed E-state index contributed by atoms with van der Waals surface area (Å²) in [5.41, 5.74) is 0.890. The first-order valence-electron chi connectivity index (χ1n) is 9.44. The average Bonchev–Trinajstić information content (AvgIpc) is 3.14. The third kappa shape index (κ3) is 4.71. The molecule has 0 spiro atoms. The first kappa shape index (κ1) is 22.3. The Bertz CT molecular complexity index is 764. The maximum atomic E-state index is 5.67. The van der Waals surface area contributed by atoms with Gasteiger partial charge in [0, 0.05) is 38.3 Å². The van der Waals surface area contributed by atoms with Gasteiger partial charge in [0.25, 0.3) is 0 Å². The predicted molar refractivity (Wildman–Crippen MR) is 113 cm³/mol.